The average Bonchev–Trinajstić information content (AvgIpc) is 2.88. The fraction of sp³-hybridized carbons (Fsp3) is 0.321. The summed E-state index contributed by atoms with van der Waals surface area (Å²) in [6.45, 7) is 3.48. The molecule has 3 aromatic carbocycles. The Morgan fingerprint density at radius 3 is 2.14 bits per heavy atom. The first-order valence-electron chi connectivity index (χ1n) is 12.1. The molecule has 1 N–H and O–H groups in total. The van der Waals surface area contributed by atoms with E-state index in [-0.39, 0.29) is 18.9 Å². The zero-order valence-corrected chi connectivity index (χ0v) is 21.7. The summed E-state index contributed by atoms with van der Waals surface area (Å²) < 4.78 is 37.5. The van der Waals surface area contributed by atoms with Crippen molar-refractivity contribution in [2.45, 2.75) is 32.8 Å². The first-order valence-corrected chi connectivity index (χ1v) is 13.9. The number of ether oxygens (including phenoxy) is 2. The van der Waals surface area contributed by atoms with Gasteiger partial charge >= 0.3 is 0 Å². The normalized spacial score (nSPS) is 11.1. The molecule has 8 heteroatoms. The number of nitrogens with zero attached hydrogens (tertiary/aromatic N) is 1. The lowest BCUT2D eigenvalue weighted by Gasteiger charge is -2.22. The predicted molar refractivity (Wildman–Crippen MR) is 143 cm³/mol. The molecule has 0 aromatic heterocycles. The molecular weight excluding hydrogens is 476 g/mol. The van der Waals surface area contributed by atoms with Gasteiger partial charge in [0.1, 0.15) is 24.7 Å². The van der Waals surface area contributed by atoms with Crippen molar-refractivity contribution in [2.75, 3.05) is 30.3 Å². The Labute approximate surface area is 214 Å². The number of aryl methyl sites for hydroxylation is 1. The van der Waals surface area contributed by atoms with Crippen LogP contribution in [0, 0.1) is 0 Å². The van der Waals surface area contributed by atoms with Gasteiger partial charge in [-0.1, -0.05) is 49.4 Å². The van der Waals surface area contributed by atoms with Crippen LogP contribution >= 0.6 is 0 Å². The molecule has 0 radical (unpaired) electrons. The van der Waals surface area contributed by atoms with Gasteiger partial charge in [-0.25, -0.2) is 8.42 Å². The molecule has 7 nitrogen and oxygen atoms in total. The number of carbonyl (C=O) groups excluding carboxylic acids is 1. The van der Waals surface area contributed by atoms with E-state index in [2.05, 4.69) is 12.2 Å². The lowest BCUT2D eigenvalue weighted by atomic mass is 10.2. The number of amides is 1. The predicted octanol–water partition coefficient (Wildman–Crippen LogP) is 4.57. The topological polar surface area (TPSA) is 84.9 Å². The van der Waals surface area contributed by atoms with Crippen LogP contribution in [0.3, 0.4) is 0 Å². The van der Waals surface area contributed by atoms with E-state index >= 15 is 0 Å². The summed E-state index contributed by atoms with van der Waals surface area (Å²) >= 11 is 0. The van der Waals surface area contributed by atoms with E-state index in [1.165, 1.54) is 9.87 Å². The molecule has 192 valence electrons. The quantitative estimate of drug-likeness (QED) is 0.321. The van der Waals surface area contributed by atoms with Crippen LogP contribution in [0.5, 0.6) is 11.5 Å². The van der Waals surface area contributed by atoms with Gasteiger partial charge in [0.05, 0.1) is 18.5 Å². The van der Waals surface area contributed by atoms with E-state index in [1.54, 1.807) is 24.3 Å². The van der Waals surface area contributed by atoms with Gasteiger partial charge in [0.25, 0.3) is 0 Å². The Hall–Kier alpha value is -3.52. The lowest BCUT2D eigenvalue weighted by molar-refractivity contribution is -0.121. The zero-order chi connectivity index (χ0) is 25.8. The molecular formula is C28H34N2O5S. The first kappa shape index (κ1) is 27.1. The molecule has 0 saturated carbocycles. The third-order valence-electron chi connectivity index (χ3n) is 5.56. The molecule has 0 saturated heterocycles. The fourth-order valence-corrected chi connectivity index (χ4v) is 4.55. The number of sulfonamides is 1. The molecule has 0 heterocycles. The van der Waals surface area contributed by atoms with E-state index in [0.717, 1.165) is 24.0 Å². The summed E-state index contributed by atoms with van der Waals surface area (Å²) in [7, 11) is -3.50. The minimum atomic E-state index is -3.50. The van der Waals surface area contributed by atoms with Crippen molar-refractivity contribution in [3.05, 3.63) is 90.0 Å². The van der Waals surface area contributed by atoms with Crippen molar-refractivity contribution in [3.63, 3.8) is 0 Å². The summed E-state index contributed by atoms with van der Waals surface area (Å²) in [4.78, 5) is 12.2. The third kappa shape index (κ3) is 8.92. The molecule has 0 fully saturated rings. The monoisotopic (exact) mass is 510 g/mol. The molecule has 0 bridgehead atoms. The highest BCUT2D eigenvalue weighted by molar-refractivity contribution is 7.92. The highest BCUT2D eigenvalue weighted by atomic mass is 32.2. The lowest BCUT2D eigenvalue weighted by Crippen LogP contribution is -2.32. The standard InChI is InChI=1S/C28H34N2O5S/c1-3-23-11-15-26(16-12-23)34-21-19-29-28(31)10-7-20-30(36(2,32)33)25-13-17-27(18-14-25)35-22-24-8-5-4-6-9-24/h4-6,8-9,11-18H,3,7,10,19-22H2,1-2H3,(H,29,31). The van der Waals surface area contributed by atoms with E-state index in [4.69, 9.17) is 9.47 Å². The first-order chi connectivity index (χ1) is 17.3. The smallest absolute Gasteiger partial charge is 0.232 e. The second-order valence-electron chi connectivity index (χ2n) is 8.40. The van der Waals surface area contributed by atoms with Crippen LogP contribution in [-0.4, -0.2) is 40.3 Å². The number of hydrogen-bond acceptors (Lipinski definition) is 5. The van der Waals surface area contributed by atoms with Gasteiger partial charge in [0.2, 0.25) is 15.9 Å². The van der Waals surface area contributed by atoms with Crippen LogP contribution in [0.4, 0.5) is 5.69 Å². The Morgan fingerprint density at radius 2 is 1.50 bits per heavy atom. The van der Waals surface area contributed by atoms with Crippen LogP contribution in [0.2, 0.25) is 0 Å². The molecule has 0 aliphatic heterocycles. The second kappa shape index (κ2) is 13.5. The van der Waals surface area contributed by atoms with Crippen LogP contribution in [0.25, 0.3) is 0 Å². The SMILES string of the molecule is CCc1ccc(OCCNC(=O)CCCN(c2ccc(OCc3ccccc3)cc2)S(C)(=O)=O)cc1. The molecule has 0 aliphatic rings. The van der Waals surface area contributed by atoms with Crippen LogP contribution in [-0.2, 0) is 27.8 Å². The highest BCUT2D eigenvalue weighted by Gasteiger charge is 2.17. The van der Waals surface area contributed by atoms with Crippen molar-refractivity contribution in [1.82, 2.24) is 5.32 Å². The van der Waals surface area contributed by atoms with E-state index in [0.29, 0.717) is 37.6 Å². The maximum absolute atomic E-state index is 12.4. The molecule has 0 unspecified atom stereocenters. The summed E-state index contributed by atoms with van der Waals surface area (Å²) in [6, 6.07) is 24.6. The van der Waals surface area contributed by atoms with Gasteiger partial charge in [-0.2, -0.15) is 0 Å². The molecule has 36 heavy (non-hydrogen) atoms. The van der Waals surface area contributed by atoms with Gasteiger partial charge in [-0.05, 0) is 60.4 Å². The number of anilines is 1. The Morgan fingerprint density at radius 1 is 0.861 bits per heavy atom. The Bertz CT molecular complexity index is 1180. The summed E-state index contributed by atoms with van der Waals surface area (Å²) in [5.74, 6) is 1.28. The number of nitrogens with one attached hydrogen (secondary N) is 1. The summed E-state index contributed by atoms with van der Waals surface area (Å²) in [5.41, 5.74) is 2.83. The van der Waals surface area contributed by atoms with Crippen LogP contribution < -0.4 is 19.1 Å². The Balaban J connectivity index is 1.41. The number of carbonyl (C=O) groups is 1. The van der Waals surface area contributed by atoms with Crippen molar-refractivity contribution in [3.8, 4) is 11.5 Å². The maximum atomic E-state index is 12.4. The highest BCUT2D eigenvalue weighted by Crippen LogP contribution is 2.23. The van der Waals surface area contributed by atoms with Gasteiger partial charge in [0, 0.05) is 13.0 Å². The number of hydrogen-bond donors (Lipinski definition) is 1. The van der Waals surface area contributed by atoms with Crippen molar-refractivity contribution < 1.29 is 22.7 Å². The van der Waals surface area contributed by atoms with Gasteiger partial charge in [-0.3, -0.25) is 9.10 Å². The second-order valence-corrected chi connectivity index (χ2v) is 10.3. The molecule has 3 rings (SSSR count). The molecule has 0 aliphatic carbocycles. The molecule has 3 aromatic rings. The fourth-order valence-electron chi connectivity index (χ4n) is 3.59. The van der Waals surface area contributed by atoms with E-state index in [1.807, 2.05) is 54.6 Å². The molecule has 0 atom stereocenters. The molecule has 0 spiro atoms. The third-order valence-corrected chi connectivity index (χ3v) is 6.76. The maximum Gasteiger partial charge on any atom is 0.232 e. The van der Waals surface area contributed by atoms with Gasteiger partial charge in [0.15, 0.2) is 0 Å². The average molecular weight is 511 g/mol. The van der Waals surface area contributed by atoms with Crippen LogP contribution in [0.15, 0.2) is 78.9 Å². The minimum Gasteiger partial charge on any atom is -0.492 e. The number of benzene rings is 3. The van der Waals surface area contributed by atoms with E-state index < -0.39 is 10.0 Å². The van der Waals surface area contributed by atoms with E-state index in [9.17, 15) is 13.2 Å². The minimum absolute atomic E-state index is 0.141. The Kier molecular flexibility index (Phi) is 10.2. The van der Waals surface area contributed by atoms with Crippen molar-refractivity contribution in [2.24, 2.45) is 0 Å². The largest absolute Gasteiger partial charge is 0.492 e. The zero-order valence-electron chi connectivity index (χ0n) is 20.9. The summed E-state index contributed by atoms with van der Waals surface area (Å²) in [5, 5.41) is 2.81. The molecule has 1 amide bonds. The van der Waals surface area contributed by atoms with Crippen LogP contribution in [0.1, 0.15) is 30.9 Å². The summed E-state index contributed by atoms with van der Waals surface area (Å²) in [6.07, 6.45) is 2.75. The van der Waals surface area contributed by atoms with Gasteiger partial charge < -0.3 is 14.8 Å². The van der Waals surface area contributed by atoms with Crippen molar-refractivity contribution >= 4 is 21.6 Å². The van der Waals surface area contributed by atoms with Gasteiger partial charge in [-0.15, -0.1) is 0 Å². The van der Waals surface area contributed by atoms with Crippen molar-refractivity contribution in [1.29, 1.82) is 0 Å². The number of rotatable bonds is 14.